The van der Waals surface area contributed by atoms with Gasteiger partial charge in [0.05, 0.1) is 12.1 Å². The average Bonchev–Trinajstić information content (AvgIpc) is 2.22. The Hall–Kier alpha value is -1.06. The van der Waals surface area contributed by atoms with Gasteiger partial charge in [-0.15, -0.1) is 0 Å². The molecular weight excluding hydrogens is 188 g/mol. The van der Waals surface area contributed by atoms with E-state index < -0.39 is 0 Å². The van der Waals surface area contributed by atoms with Crippen LogP contribution >= 0.6 is 0 Å². The summed E-state index contributed by atoms with van der Waals surface area (Å²) in [6, 6.07) is 8.26. The third-order valence-corrected chi connectivity index (χ3v) is 2.41. The zero-order chi connectivity index (χ0) is 11.3. The van der Waals surface area contributed by atoms with Crippen LogP contribution in [0.3, 0.4) is 0 Å². The monoisotopic (exact) mass is 208 g/mol. The van der Waals surface area contributed by atoms with Gasteiger partial charge in [0.1, 0.15) is 0 Å². The molecule has 0 spiro atoms. The van der Waals surface area contributed by atoms with Crippen molar-refractivity contribution in [3.63, 3.8) is 0 Å². The molecule has 1 rings (SSSR count). The molecule has 1 aromatic carbocycles. The number of ether oxygens (including phenoxy) is 1. The summed E-state index contributed by atoms with van der Waals surface area (Å²) in [4.78, 5) is 0. The highest BCUT2D eigenvalue weighted by Crippen LogP contribution is 2.15. The number of anilines is 1. The maximum atomic E-state index is 5.73. The molecule has 0 amide bonds. The molecule has 0 fully saturated rings. The highest BCUT2D eigenvalue weighted by Gasteiger charge is 2.21. The second-order valence-corrected chi connectivity index (χ2v) is 4.19. The average molecular weight is 208 g/mol. The number of methoxy groups -OCH3 is 1. The van der Waals surface area contributed by atoms with E-state index in [0.29, 0.717) is 13.2 Å². The maximum absolute atomic E-state index is 5.73. The second kappa shape index (κ2) is 5.14. The van der Waals surface area contributed by atoms with E-state index in [2.05, 4.69) is 43.4 Å². The van der Waals surface area contributed by atoms with E-state index in [1.807, 2.05) is 0 Å². The third kappa shape index (κ3) is 3.53. The summed E-state index contributed by atoms with van der Waals surface area (Å²) in [5, 5.41) is 3.38. The fourth-order valence-corrected chi connectivity index (χ4v) is 1.45. The van der Waals surface area contributed by atoms with Crippen LogP contribution in [0.25, 0.3) is 0 Å². The Labute approximate surface area is 91.6 Å². The van der Waals surface area contributed by atoms with E-state index in [1.165, 1.54) is 5.56 Å². The molecule has 15 heavy (non-hydrogen) atoms. The lowest BCUT2D eigenvalue weighted by Gasteiger charge is -2.29. The van der Waals surface area contributed by atoms with Crippen LogP contribution in [0.5, 0.6) is 0 Å². The van der Waals surface area contributed by atoms with E-state index >= 15 is 0 Å². The van der Waals surface area contributed by atoms with Crippen molar-refractivity contribution in [2.75, 3.05) is 25.6 Å². The molecule has 3 heteroatoms. The van der Waals surface area contributed by atoms with Gasteiger partial charge in [-0.25, -0.2) is 0 Å². The van der Waals surface area contributed by atoms with Gasteiger partial charge in [-0.3, -0.25) is 0 Å². The van der Waals surface area contributed by atoms with Gasteiger partial charge in [0.15, 0.2) is 0 Å². The standard InChI is InChI=1S/C12H20N2O/c1-10-4-6-11(7-5-10)14-12(2,8-13)9-15-3/h4-7,14H,8-9,13H2,1-3H3. The summed E-state index contributed by atoms with van der Waals surface area (Å²) < 4.78 is 5.15. The van der Waals surface area contributed by atoms with E-state index in [9.17, 15) is 0 Å². The molecule has 0 bridgehead atoms. The molecule has 1 unspecified atom stereocenters. The van der Waals surface area contributed by atoms with Gasteiger partial charge in [-0.05, 0) is 26.0 Å². The molecule has 0 aromatic heterocycles. The van der Waals surface area contributed by atoms with Crippen LogP contribution in [-0.2, 0) is 4.74 Å². The van der Waals surface area contributed by atoms with Crippen LogP contribution in [0.2, 0.25) is 0 Å². The first-order valence-electron chi connectivity index (χ1n) is 5.13. The molecule has 3 nitrogen and oxygen atoms in total. The molecular formula is C12H20N2O. The summed E-state index contributed by atoms with van der Waals surface area (Å²) in [5.41, 5.74) is 7.85. The Kier molecular flexibility index (Phi) is 4.12. The second-order valence-electron chi connectivity index (χ2n) is 4.19. The predicted octanol–water partition coefficient (Wildman–Crippen LogP) is 1.77. The molecule has 0 aliphatic rings. The number of nitrogens with one attached hydrogen (secondary N) is 1. The number of nitrogens with two attached hydrogens (primary N) is 1. The van der Waals surface area contributed by atoms with Crippen LogP contribution < -0.4 is 11.1 Å². The maximum Gasteiger partial charge on any atom is 0.0702 e. The van der Waals surface area contributed by atoms with Gasteiger partial charge in [0.25, 0.3) is 0 Å². The fraction of sp³-hybridized carbons (Fsp3) is 0.500. The zero-order valence-corrected chi connectivity index (χ0v) is 9.71. The molecule has 0 aliphatic heterocycles. The molecule has 0 heterocycles. The minimum Gasteiger partial charge on any atom is -0.382 e. The minimum atomic E-state index is -0.204. The lowest BCUT2D eigenvalue weighted by atomic mass is 10.0. The first-order valence-corrected chi connectivity index (χ1v) is 5.13. The predicted molar refractivity (Wildman–Crippen MR) is 64.1 cm³/mol. The van der Waals surface area contributed by atoms with Gasteiger partial charge in [-0.2, -0.15) is 0 Å². The van der Waals surface area contributed by atoms with Crippen molar-refractivity contribution in [1.29, 1.82) is 0 Å². The molecule has 3 N–H and O–H groups in total. The number of hydrogen-bond acceptors (Lipinski definition) is 3. The number of benzene rings is 1. The molecule has 84 valence electrons. The lowest BCUT2D eigenvalue weighted by molar-refractivity contribution is 0.153. The first-order chi connectivity index (χ1) is 7.09. The van der Waals surface area contributed by atoms with Crippen molar-refractivity contribution in [1.82, 2.24) is 0 Å². The molecule has 1 atom stereocenters. The van der Waals surface area contributed by atoms with Gasteiger partial charge in [-0.1, -0.05) is 17.7 Å². The normalized spacial score (nSPS) is 14.7. The zero-order valence-electron chi connectivity index (χ0n) is 9.71. The number of hydrogen-bond donors (Lipinski definition) is 2. The number of rotatable bonds is 5. The van der Waals surface area contributed by atoms with Crippen LogP contribution in [-0.4, -0.2) is 25.8 Å². The quantitative estimate of drug-likeness (QED) is 0.775. The van der Waals surface area contributed by atoms with Crippen molar-refractivity contribution < 1.29 is 4.74 Å². The van der Waals surface area contributed by atoms with E-state index in [-0.39, 0.29) is 5.54 Å². The minimum absolute atomic E-state index is 0.204. The topological polar surface area (TPSA) is 47.3 Å². The highest BCUT2D eigenvalue weighted by atomic mass is 16.5. The SMILES string of the molecule is COCC(C)(CN)Nc1ccc(C)cc1. The Balaban J connectivity index is 2.70. The van der Waals surface area contributed by atoms with Gasteiger partial charge >= 0.3 is 0 Å². The Morgan fingerprint density at radius 1 is 1.33 bits per heavy atom. The summed E-state index contributed by atoms with van der Waals surface area (Å²) >= 11 is 0. The van der Waals surface area contributed by atoms with Gasteiger partial charge in [0.2, 0.25) is 0 Å². The summed E-state index contributed by atoms with van der Waals surface area (Å²) in [7, 11) is 1.69. The Morgan fingerprint density at radius 2 is 1.93 bits per heavy atom. The van der Waals surface area contributed by atoms with Crippen LogP contribution in [0.15, 0.2) is 24.3 Å². The fourth-order valence-electron chi connectivity index (χ4n) is 1.45. The van der Waals surface area contributed by atoms with Crippen LogP contribution in [0, 0.1) is 6.92 Å². The molecule has 0 saturated carbocycles. The molecule has 0 saturated heterocycles. The van der Waals surface area contributed by atoms with E-state index in [1.54, 1.807) is 7.11 Å². The molecule has 1 aromatic rings. The van der Waals surface area contributed by atoms with Gasteiger partial charge < -0.3 is 15.8 Å². The summed E-state index contributed by atoms with van der Waals surface area (Å²) in [6.45, 7) is 5.25. The van der Waals surface area contributed by atoms with Crippen molar-refractivity contribution in [2.24, 2.45) is 5.73 Å². The highest BCUT2D eigenvalue weighted by molar-refractivity contribution is 5.46. The van der Waals surface area contributed by atoms with E-state index in [4.69, 9.17) is 10.5 Å². The van der Waals surface area contributed by atoms with Gasteiger partial charge in [0, 0.05) is 19.3 Å². The van der Waals surface area contributed by atoms with Crippen LogP contribution in [0.1, 0.15) is 12.5 Å². The van der Waals surface area contributed by atoms with Crippen molar-refractivity contribution in [3.05, 3.63) is 29.8 Å². The molecule has 0 aliphatic carbocycles. The summed E-state index contributed by atoms with van der Waals surface area (Å²) in [6.07, 6.45) is 0. The molecule has 0 radical (unpaired) electrons. The Morgan fingerprint density at radius 3 is 2.40 bits per heavy atom. The Bertz CT molecular complexity index is 297. The first kappa shape index (κ1) is 12.0. The van der Waals surface area contributed by atoms with Crippen molar-refractivity contribution in [3.8, 4) is 0 Å². The largest absolute Gasteiger partial charge is 0.382 e. The lowest BCUT2D eigenvalue weighted by Crippen LogP contribution is -2.46. The van der Waals surface area contributed by atoms with Crippen LogP contribution in [0.4, 0.5) is 5.69 Å². The van der Waals surface area contributed by atoms with Crippen molar-refractivity contribution in [2.45, 2.75) is 19.4 Å². The third-order valence-electron chi connectivity index (χ3n) is 2.41. The van der Waals surface area contributed by atoms with E-state index in [0.717, 1.165) is 5.69 Å². The smallest absolute Gasteiger partial charge is 0.0702 e. The number of aryl methyl sites for hydroxylation is 1. The summed E-state index contributed by atoms with van der Waals surface area (Å²) in [5.74, 6) is 0. The van der Waals surface area contributed by atoms with Crippen molar-refractivity contribution >= 4 is 5.69 Å².